The van der Waals surface area contributed by atoms with Crippen LogP contribution in [0.4, 0.5) is 4.79 Å². The number of carbonyl (C=O) groups excluding carboxylic acids is 1. The van der Waals surface area contributed by atoms with Gasteiger partial charge in [0, 0.05) is 33.7 Å². The molecule has 0 radical (unpaired) electrons. The van der Waals surface area contributed by atoms with Crippen LogP contribution in [0.2, 0.25) is 0 Å². The lowest BCUT2D eigenvalue weighted by molar-refractivity contribution is -0.141. The Balaban J connectivity index is 2.70. The lowest BCUT2D eigenvalue weighted by atomic mass is 10.2. The smallest absolute Gasteiger partial charge is 0.326 e. The van der Waals surface area contributed by atoms with Crippen molar-refractivity contribution in [2.75, 3.05) is 27.2 Å². The third kappa shape index (κ3) is 3.11. The second kappa shape index (κ2) is 6.21. The van der Waals surface area contributed by atoms with E-state index in [1.807, 2.05) is 6.07 Å². The number of carbonyl (C=O) groups is 2. The van der Waals surface area contributed by atoms with Crippen LogP contribution in [0.3, 0.4) is 0 Å². The Hall–Kier alpha value is -1.81. The van der Waals surface area contributed by atoms with Gasteiger partial charge in [-0.3, -0.25) is 0 Å². The number of likely N-dealkylation sites (tertiary alicyclic amines) is 1. The molecule has 0 aromatic heterocycles. The van der Waals surface area contributed by atoms with Gasteiger partial charge in [0.05, 0.1) is 18.6 Å². The van der Waals surface area contributed by atoms with Gasteiger partial charge in [-0.1, -0.05) is 0 Å². The van der Waals surface area contributed by atoms with E-state index in [1.165, 1.54) is 16.9 Å². The highest BCUT2D eigenvalue weighted by atomic mass is 16.5. The molecule has 1 fully saturated rings. The molecule has 0 spiro atoms. The Bertz CT molecular complexity index is 366. The maximum absolute atomic E-state index is 12.1. The van der Waals surface area contributed by atoms with Gasteiger partial charge in [-0.05, 0) is 0 Å². The van der Waals surface area contributed by atoms with Gasteiger partial charge in [0.15, 0.2) is 0 Å². The summed E-state index contributed by atoms with van der Waals surface area (Å²) >= 11 is 0. The van der Waals surface area contributed by atoms with Crippen molar-refractivity contribution in [3.8, 4) is 6.07 Å². The molecule has 7 nitrogen and oxygen atoms in total. The van der Waals surface area contributed by atoms with E-state index in [9.17, 15) is 9.59 Å². The van der Waals surface area contributed by atoms with E-state index in [1.54, 1.807) is 7.05 Å². The zero-order valence-electron chi connectivity index (χ0n) is 10.5. The molecule has 2 amide bonds. The van der Waals surface area contributed by atoms with Crippen LogP contribution in [0.1, 0.15) is 12.8 Å². The van der Waals surface area contributed by atoms with Crippen LogP contribution < -0.4 is 0 Å². The molecule has 1 saturated heterocycles. The van der Waals surface area contributed by atoms with Crippen molar-refractivity contribution in [1.82, 2.24) is 9.80 Å². The minimum Gasteiger partial charge on any atom is -0.480 e. The molecule has 1 N–H and O–H groups in total. The summed E-state index contributed by atoms with van der Waals surface area (Å²) in [5.74, 6) is -1.03. The summed E-state index contributed by atoms with van der Waals surface area (Å²) in [5.41, 5.74) is 0. The standard InChI is InChI=1S/C11H17N3O4/c1-13(5-3-4-12)11(17)14-7-8(18-2)6-9(14)10(15)16/h8-9H,3,5-7H2,1-2H3,(H,15,16). The first-order chi connectivity index (χ1) is 8.51. The van der Waals surface area contributed by atoms with Crippen molar-refractivity contribution >= 4 is 12.0 Å². The highest BCUT2D eigenvalue weighted by Gasteiger charge is 2.40. The fourth-order valence-electron chi connectivity index (χ4n) is 1.95. The SMILES string of the molecule is COC1CC(C(=O)O)N(C(=O)N(C)CCC#N)C1. The predicted molar refractivity (Wildman–Crippen MR) is 61.8 cm³/mol. The Morgan fingerprint density at radius 3 is 2.78 bits per heavy atom. The van der Waals surface area contributed by atoms with Crippen molar-refractivity contribution < 1.29 is 19.4 Å². The highest BCUT2D eigenvalue weighted by Crippen LogP contribution is 2.21. The molecule has 18 heavy (non-hydrogen) atoms. The zero-order valence-corrected chi connectivity index (χ0v) is 10.5. The van der Waals surface area contributed by atoms with Crippen molar-refractivity contribution in [3.63, 3.8) is 0 Å². The largest absolute Gasteiger partial charge is 0.480 e. The van der Waals surface area contributed by atoms with Crippen molar-refractivity contribution in [2.24, 2.45) is 0 Å². The Kier molecular flexibility index (Phi) is 4.92. The van der Waals surface area contributed by atoms with Gasteiger partial charge < -0.3 is 19.6 Å². The van der Waals surface area contributed by atoms with Crippen molar-refractivity contribution in [3.05, 3.63) is 0 Å². The molecule has 0 aromatic carbocycles. The summed E-state index contributed by atoms with van der Waals surface area (Å²) < 4.78 is 5.10. The van der Waals surface area contributed by atoms with E-state index < -0.39 is 12.0 Å². The minimum absolute atomic E-state index is 0.224. The average molecular weight is 255 g/mol. The number of rotatable bonds is 4. The first-order valence-electron chi connectivity index (χ1n) is 5.65. The number of aliphatic carboxylic acids is 1. The Morgan fingerprint density at radius 2 is 2.28 bits per heavy atom. The maximum Gasteiger partial charge on any atom is 0.326 e. The lowest BCUT2D eigenvalue weighted by Crippen LogP contribution is -2.47. The normalized spacial score (nSPS) is 22.6. The van der Waals surface area contributed by atoms with Crippen LogP contribution in [0.5, 0.6) is 0 Å². The molecule has 0 bridgehead atoms. The molecule has 1 rings (SSSR count). The van der Waals surface area contributed by atoms with Crippen LogP contribution in [0.15, 0.2) is 0 Å². The number of carboxylic acids is 1. The molecule has 1 aliphatic rings. The maximum atomic E-state index is 12.1. The quantitative estimate of drug-likeness (QED) is 0.770. The summed E-state index contributed by atoms with van der Waals surface area (Å²) in [5, 5.41) is 17.6. The molecule has 0 aromatic rings. The fraction of sp³-hybridized carbons (Fsp3) is 0.727. The van der Waals surface area contributed by atoms with Crippen LogP contribution in [0, 0.1) is 11.3 Å². The van der Waals surface area contributed by atoms with Gasteiger partial charge in [0.2, 0.25) is 0 Å². The monoisotopic (exact) mass is 255 g/mol. The van der Waals surface area contributed by atoms with E-state index in [-0.39, 0.29) is 31.6 Å². The molecule has 1 heterocycles. The van der Waals surface area contributed by atoms with Gasteiger partial charge in [-0.25, -0.2) is 9.59 Å². The molecule has 7 heteroatoms. The molecule has 1 aliphatic heterocycles. The number of ether oxygens (including phenoxy) is 1. The van der Waals surface area contributed by atoms with Crippen molar-refractivity contribution in [2.45, 2.75) is 25.0 Å². The number of methoxy groups -OCH3 is 1. The van der Waals surface area contributed by atoms with Crippen LogP contribution in [0.25, 0.3) is 0 Å². The first kappa shape index (κ1) is 14.3. The number of hydrogen-bond donors (Lipinski definition) is 1. The van der Waals surface area contributed by atoms with Gasteiger partial charge in [0.1, 0.15) is 6.04 Å². The fourth-order valence-corrected chi connectivity index (χ4v) is 1.95. The van der Waals surface area contributed by atoms with E-state index in [0.29, 0.717) is 6.42 Å². The molecule has 2 atom stereocenters. The van der Waals surface area contributed by atoms with Crippen LogP contribution >= 0.6 is 0 Å². The summed E-state index contributed by atoms with van der Waals surface area (Å²) in [6, 6.07) is 0.712. The third-order valence-electron chi connectivity index (χ3n) is 3.01. The Labute approximate surface area is 106 Å². The lowest BCUT2D eigenvalue weighted by Gasteiger charge is -2.26. The van der Waals surface area contributed by atoms with Gasteiger partial charge in [-0.2, -0.15) is 5.26 Å². The highest BCUT2D eigenvalue weighted by molar-refractivity contribution is 5.83. The van der Waals surface area contributed by atoms with E-state index >= 15 is 0 Å². The molecule has 100 valence electrons. The number of hydrogen-bond acceptors (Lipinski definition) is 4. The number of nitrogens with zero attached hydrogens (tertiary/aromatic N) is 3. The second-order valence-corrected chi connectivity index (χ2v) is 4.21. The predicted octanol–water partition coefficient (Wildman–Crippen LogP) is 0.126. The summed E-state index contributed by atoms with van der Waals surface area (Å²) in [4.78, 5) is 25.8. The topological polar surface area (TPSA) is 93.9 Å². The van der Waals surface area contributed by atoms with Crippen molar-refractivity contribution in [1.29, 1.82) is 5.26 Å². The van der Waals surface area contributed by atoms with E-state index in [0.717, 1.165) is 0 Å². The number of amides is 2. The summed E-state index contributed by atoms with van der Waals surface area (Å²) in [6.45, 7) is 0.555. The summed E-state index contributed by atoms with van der Waals surface area (Å²) in [6.07, 6.45) is 0.268. The average Bonchev–Trinajstić information content (AvgIpc) is 2.79. The van der Waals surface area contributed by atoms with E-state index in [4.69, 9.17) is 15.1 Å². The molecule has 0 aliphatic carbocycles. The van der Waals surface area contributed by atoms with Gasteiger partial charge in [0.25, 0.3) is 0 Å². The van der Waals surface area contributed by atoms with Crippen LogP contribution in [-0.2, 0) is 9.53 Å². The first-order valence-corrected chi connectivity index (χ1v) is 5.65. The Morgan fingerprint density at radius 1 is 1.61 bits per heavy atom. The molecular formula is C11H17N3O4. The van der Waals surface area contributed by atoms with E-state index in [2.05, 4.69) is 0 Å². The third-order valence-corrected chi connectivity index (χ3v) is 3.01. The molecule has 0 saturated carbocycles. The van der Waals surface area contributed by atoms with Gasteiger partial charge >= 0.3 is 12.0 Å². The second-order valence-electron chi connectivity index (χ2n) is 4.21. The minimum atomic E-state index is -1.03. The summed E-state index contributed by atoms with van der Waals surface area (Å²) in [7, 11) is 3.05. The number of nitriles is 1. The van der Waals surface area contributed by atoms with Gasteiger partial charge in [-0.15, -0.1) is 0 Å². The number of carboxylic acid groups (broad SMARTS) is 1. The molecular weight excluding hydrogens is 238 g/mol. The zero-order chi connectivity index (χ0) is 13.7. The number of urea groups is 1. The van der Waals surface area contributed by atoms with Crippen LogP contribution in [-0.4, -0.2) is 66.3 Å². The molecule has 2 unspecified atom stereocenters.